The number of carbonyl (C=O) groups excluding carboxylic acids is 1. The van der Waals surface area contributed by atoms with Crippen molar-refractivity contribution >= 4 is 72.9 Å². The summed E-state index contributed by atoms with van der Waals surface area (Å²) < 4.78 is 6.23. The number of aryl methyl sites for hydroxylation is 1. The molecule has 0 saturated heterocycles. The molecule has 0 unspecified atom stereocenters. The number of esters is 1. The number of thiocarbonyl (C=S) groups is 1. The predicted octanol–water partition coefficient (Wildman–Crippen LogP) is 6.81. The second-order valence-corrected chi connectivity index (χ2v) is 9.38. The highest BCUT2D eigenvalue weighted by Gasteiger charge is 2.25. The summed E-state index contributed by atoms with van der Waals surface area (Å²) in [5, 5.41) is 8.01. The van der Waals surface area contributed by atoms with Gasteiger partial charge in [-0.2, -0.15) is 0 Å². The number of hydrogen-bond donors (Lipinski definition) is 2. The molecule has 0 amide bonds. The molecule has 8 heteroatoms. The highest BCUT2D eigenvalue weighted by atomic mass is 79.9. The van der Waals surface area contributed by atoms with Crippen molar-refractivity contribution in [3.05, 3.63) is 43.7 Å². The second kappa shape index (κ2) is 10.1. The van der Waals surface area contributed by atoms with Gasteiger partial charge in [-0.3, -0.25) is 0 Å². The lowest BCUT2D eigenvalue weighted by Gasteiger charge is -2.13. The number of hydrogen-bond acceptors (Lipinski definition) is 4. The van der Waals surface area contributed by atoms with Crippen molar-refractivity contribution in [2.45, 2.75) is 45.4 Å². The molecule has 0 bridgehead atoms. The summed E-state index contributed by atoms with van der Waals surface area (Å²) in [5.41, 5.74) is 2.46. The summed E-state index contributed by atoms with van der Waals surface area (Å²) >= 11 is 16.7. The maximum absolute atomic E-state index is 12.7. The lowest BCUT2D eigenvalue weighted by Crippen LogP contribution is -2.20. The maximum Gasteiger partial charge on any atom is 0.341 e. The van der Waals surface area contributed by atoms with E-state index in [1.165, 1.54) is 17.7 Å². The quantitative estimate of drug-likeness (QED) is 0.356. The van der Waals surface area contributed by atoms with E-state index in [-0.39, 0.29) is 5.97 Å². The smallest absolute Gasteiger partial charge is 0.341 e. The summed E-state index contributed by atoms with van der Waals surface area (Å²) in [6, 6.07) is 5.53. The predicted molar refractivity (Wildman–Crippen MR) is 125 cm³/mol. The van der Waals surface area contributed by atoms with Crippen molar-refractivity contribution in [1.29, 1.82) is 0 Å². The molecule has 1 aromatic heterocycles. The summed E-state index contributed by atoms with van der Waals surface area (Å²) in [6.07, 6.45) is 6.56. The van der Waals surface area contributed by atoms with Crippen LogP contribution in [0.1, 0.15) is 53.4 Å². The fraction of sp³-hybridized carbons (Fsp3) is 0.400. The van der Waals surface area contributed by atoms with Crippen molar-refractivity contribution in [2.75, 3.05) is 17.2 Å². The molecule has 150 valence electrons. The molecule has 0 fully saturated rings. The van der Waals surface area contributed by atoms with Crippen LogP contribution in [-0.2, 0) is 17.6 Å². The van der Waals surface area contributed by atoms with E-state index in [4.69, 9.17) is 28.6 Å². The van der Waals surface area contributed by atoms with Gasteiger partial charge in [-0.05, 0) is 68.6 Å². The molecule has 0 aliphatic heterocycles. The van der Waals surface area contributed by atoms with Crippen molar-refractivity contribution in [3.8, 4) is 0 Å². The molecule has 1 heterocycles. The number of nitrogens with one attached hydrogen (secondary N) is 2. The van der Waals surface area contributed by atoms with E-state index in [9.17, 15) is 4.79 Å². The van der Waals surface area contributed by atoms with Gasteiger partial charge in [0.25, 0.3) is 0 Å². The van der Waals surface area contributed by atoms with Crippen molar-refractivity contribution < 1.29 is 9.53 Å². The molecule has 0 atom stereocenters. The fourth-order valence-electron chi connectivity index (χ4n) is 3.27. The van der Waals surface area contributed by atoms with Gasteiger partial charge in [0, 0.05) is 9.35 Å². The first-order chi connectivity index (χ1) is 13.5. The van der Waals surface area contributed by atoms with Crippen molar-refractivity contribution in [3.63, 3.8) is 0 Å². The van der Waals surface area contributed by atoms with Crippen LogP contribution in [0.3, 0.4) is 0 Å². The second-order valence-electron chi connectivity index (χ2n) is 6.55. The first-order valence-corrected chi connectivity index (χ1v) is 11.7. The van der Waals surface area contributed by atoms with Crippen LogP contribution in [0.4, 0.5) is 10.7 Å². The topological polar surface area (TPSA) is 50.4 Å². The molecule has 3 rings (SSSR count). The SMILES string of the molecule is CCOC(=O)c1c(NC(=S)Nc2ccc(Br)cc2Cl)sc2c1CCCCCC2. The normalized spacial score (nSPS) is 13.8. The van der Waals surface area contributed by atoms with Gasteiger partial charge in [0.1, 0.15) is 5.00 Å². The van der Waals surface area contributed by atoms with E-state index in [0.29, 0.717) is 28.0 Å². The van der Waals surface area contributed by atoms with Gasteiger partial charge < -0.3 is 15.4 Å². The monoisotopic (exact) mass is 500 g/mol. The van der Waals surface area contributed by atoms with Crippen LogP contribution < -0.4 is 10.6 Å². The molecule has 28 heavy (non-hydrogen) atoms. The number of carbonyl (C=O) groups is 1. The lowest BCUT2D eigenvalue weighted by atomic mass is 9.96. The van der Waals surface area contributed by atoms with Crippen molar-refractivity contribution in [1.82, 2.24) is 0 Å². The Bertz CT molecular complexity index is 885. The van der Waals surface area contributed by atoms with Gasteiger partial charge in [0.05, 0.1) is 22.9 Å². The van der Waals surface area contributed by atoms with Crippen LogP contribution in [0, 0.1) is 0 Å². The Kier molecular flexibility index (Phi) is 7.74. The van der Waals surface area contributed by atoms with Crippen LogP contribution in [-0.4, -0.2) is 17.7 Å². The number of benzene rings is 1. The number of ether oxygens (including phenoxy) is 1. The van der Waals surface area contributed by atoms with E-state index < -0.39 is 0 Å². The standard InChI is InChI=1S/C20H22BrClN2O2S2/c1-2-26-19(25)17-13-7-5-3-4-6-8-16(13)28-18(17)24-20(27)23-15-10-9-12(21)11-14(15)22/h9-11H,2-8H2,1H3,(H2,23,24,27). The molecule has 1 aliphatic rings. The van der Waals surface area contributed by atoms with Gasteiger partial charge in [0.2, 0.25) is 0 Å². The highest BCUT2D eigenvalue weighted by Crippen LogP contribution is 2.38. The molecule has 2 N–H and O–H groups in total. The van der Waals surface area contributed by atoms with Crippen LogP contribution >= 0.6 is 51.1 Å². The third kappa shape index (κ3) is 5.26. The van der Waals surface area contributed by atoms with Gasteiger partial charge in [0.15, 0.2) is 5.11 Å². The van der Waals surface area contributed by atoms with Crippen LogP contribution in [0.15, 0.2) is 22.7 Å². The maximum atomic E-state index is 12.7. The molecule has 1 aliphatic carbocycles. The average molecular weight is 502 g/mol. The Balaban J connectivity index is 1.86. The lowest BCUT2D eigenvalue weighted by molar-refractivity contribution is 0.0526. The zero-order chi connectivity index (χ0) is 20.1. The van der Waals surface area contributed by atoms with E-state index in [1.54, 1.807) is 17.4 Å². The number of rotatable bonds is 4. The Hall–Kier alpha value is -1.15. The molecular formula is C20H22BrClN2O2S2. The van der Waals surface area contributed by atoms with Crippen LogP contribution in [0.25, 0.3) is 0 Å². The van der Waals surface area contributed by atoms with Gasteiger partial charge in [-0.25, -0.2) is 4.79 Å². The summed E-state index contributed by atoms with van der Waals surface area (Å²) in [7, 11) is 0. The minimum Gasteiger partial charge on any atom is -0.462 e. The van der Waals surface area contributed by atoms with E-state index in [1.807, 2.05) is 19.1 Å². The number of anilines is 2. The molecule has 0 spiro atoms. The first-order valence-electron chi connectivity index (χ1n) is 9.34. The Morgan fingerprint density at radius 3 is 2.71 bits per heavy atom. The minimum atomic E-state index is -0.285. The third-order valence-corrected chi connectivity index (χ3v) is 6.77. The molecule has 0 saturated carbocycles. The first kappa shape index (κ1) is 21.6. The van der Waals surface area contributed by atoms with Gasteiger partial charge in [-0.15, -0.1) is 11.3 Å². The fourth-order valence-corrected chi connectivity index (χ4v) is 5.55. The van der Waals surface area contributed by atoms with Gasteiger partial charge in [-0.1, -0.05) is 40.4 Å². The van der Waals surface area contributed by atoms with Crippen molar-refractivity contribution in [2.24, 2.45) is 0 Å². The highest BCUT2D eigenvalue weighted by molar-refractivity contribution is 9.10. The molecule has 2 aromatic rings. The van der Waals surface area contributed by atoms with Crippen LogP contribution in [0.2, 0.25) is 5.02 Å². The molecule has 0 radical (unpaired) electrons. The van der Waals surface area contributed by atoms with E-state index in [2.05, 4.69) is 26.6 Å². The number of fused-ring (bicyclic) bond motifs is 1. The zero-order valence-corrected chi connectivity index (χ0v) is 19.5. The molecule has 4 nitrogen and oxygen atoms in total. The largest absolute Gasteiger partial charge is 0.462 e. The Labute approximate surface area is 188 Å². The zero-order valence-electron chi connectivity index (χ0n) is 15.6. The number of halogens is 2. The Morgan fingerprint density at radius 1 is 1.25 bits per heavy atom. The molecule has 1 aromatic carbocycles. The van der Waals surface area contributed by atoms with E-state index in [0.717, 1.165) is 40.7 Å². The summed E-state index contributed by atoms with van der Waals surface area (Å²) in [5.74, 6) is -0.285. The number of thiophene rings is 1. The van der Waals surface area contributed by atoms with E-state index >= 15 is 0 Å². The van der Waals surface area contributed by atoms with Crippen LogP contribution in [0.5, 0.6) is 0 Å². The van der Waals surface area contributed by atoms with Gasteiger partial charge >= 0.3 is 5.97 Å². The Morgan fingerprint density at radius 2 is 2.00 bits per heavy atom. The molecular weight excluding hydrogens is 480 g/mol. The summed E-state index contributed by atoms with van der Waals surface area (Å²) in [4.78, 5) is 13.9. The summed E-state index contributed by atoms with van der Waals surface area (Å²) in [6.45, 7) is 2.17. The average Bonchev–Trinajstić information content (AvgIpc) is 2.94. The third-order valence-electron chi connectivity index (χ3n) is 4.56. The minimum absolute atomic E-state index is 0.285.